The van der Waals surface area contributed by atoms with Gasteiger partial charge in [-0.05, 0) is 50.2 Å². The summed E-state index contributed by atoms with van der Waals surface area (Å²) in [6.45, 7) is 2.92. The molecular formula is C13H16BrClN2OS. The molecular weight excluding hydrogens is 348 g/mol. The van der Waals surface area contributed by atoms with E-state index in [4.69, 9.17) is 28.6 Å². The highest BCUT2D eigenvalue weighted by atomic mass is 79.9. The molecule has 2 unspecified atom stereocenters. The summed E-state index contributed by atoms with van der Waals surface area (Å²) in [7, 11) is 0. The minimum absolute atomic E-state index is 0.191. The fourth-order valence-electron chi connectivity index (χ4n) is 2.05. The van der Waals surface area contributed by atoms with Gasteiger partial charge in [-0.3, -0.25) is 0 Å². The van der Waals surface area contributed by atoms with E-state index in [0.717, 1.165) is 29.6 Å². The number of ether oxygens (including phenoxy) is 1. The molecule has 0 spiro atoms. The number of thiocarbonyl (C=S) groups is 1. The van der Waals surface area contributed by atoms with E-state index in [9.17, 15) is 0 Å². The lowest BCUT2D eigenvalue weighted by Gasteiger charge is -2.22. The third-order valence-electron chi connectivity index (χ3n) is 3.06. The Balaban J connectivity index is 1.89. The van der Waals surface area contributed by atoms with Crippen LogP contribution in [0.25, 0.3) is 0 Å². The maximum Gasteiger partial charge on any atom is 0.171 e. The summed E-state index contributed by atoms with van der Waals surface area (Å²) in [5.41, 5.74) is 0.793. The van der Waals surface area contributed by atoms with E-state index in [1.54, 1.807) is 0 Å². The van der Waals surface area contributed by atoms with Crippen molar-refractivity contribution in [2.24, 2.45) is 0 Å². The Morgan fingerprint density at radius 2 is 2.37 bits per heavy atom. The second kappa shape index (κ2) is 6.88. The quantitative estimate of drug-likeness (QED) is 0.797. The van der Waals surface area contributed by atoms with Crippen LogP contribution in [0.3, 0.4) is 0 Å². The summed E-state index contributed by atoms with van der Waals surface area (Å²) in [5.74, 6) is 0. The van der Waals surface area contributed by atoms with Crippen molar-refractivity contribution in [1.29, 1.82) is 0 Å². The molecule has 0 aromatic heterocycles. The predicted octanol–water partition coefficient (Wildman–Crippen LogP) is 3.96. The van der Waals surface area contributed by atoms with Crippen molar-refractivity contribution in [2.45, 2.75) is 31.9 Å². The van der Waals surface area contributed by atoms with Gasteiger partial charge in [0.1, 0.15) is 0 Å². The first-order valence-corrected chi connectivity index (χ1v) is 7.78. The van der Waals surface area contributed by atoms with Gasteiger partial charge < -0.3 is 15.4 Å². The predicted molar refractivity (Wildman–Crippen MR) is 86.9 cm³/mol. The zero-order chi connectivity index (χ0) is 13.8. The van der Waals surface area contributed by atoms with E-state index in [1.807, 2.05) is 18.2 Å². The summed E-state index contributed by atoms with van der Waals surface area (Å²) in [4.78, 5) is 0. The molecule has 0 saturated carbocycles. The van der Waals surface area contributed by atoms with E-state index in [-0.39, 0.29) is 12.1 Å². The average Bonchev–Trinajstić information content (AvgIpc) is 2.86. The third-order valence-corrected chi connectivity index (χ3v) is 4.09. The van der Waals surface area contributed by atoms with Crippen LogP contribution >= 0.6 is 39.7 Å². The number of rotatable bonds is 3. The summed E-state index contributed by atoms with van der Waals surface area (Å²) in [5, 5.41) is 7.53. The van der Waals surface area contributed by atoms with Crippen LogP contribution in [0, 0.1) is 0 Å². The van der Waals surface area contributed by atoms with Crippen molar-refractivity contribution in [3.8, 4) is 0 Å². The molecule has 1 aromatic rings. The maximum atomic E-state index is 6.13. The van der Waals surface area contributed by atoms with E-state index < -0.39 is 0 Å². The minimum atomic E-state index is 0.191. The number of benzene rings is 1. The molecule has 1 aromatic carbocycles. The van der Waals surface area contributed by atoms with Gasteiger partial charge in [0.2, 0.25) is 0 Å². The molecule has 1 fully saturated rings. The van der Waals surface area contributed by atoms with E-state index in [2.05, 4.69) is 33.5 Å². The van der Waals surface area contributed by atoms with Crippen LogP contribution in [0.1, 0.15) is 19.8 Å². The molecule has 1 heterocycles. The molecule has 0 aliphatic carbocycles. The largest absolute Gasteiger partial charge is 0.376 e. The summed E-state index contributed by atoms with van der Waals surface area (Å²) in [6.07, 6.45) is 2.44. The number of anilines is 1. The van der Waals surface area contributed by atoms with Gasteiger partial charge in [0.25, 0.3) is 0 Å². The molecule has 2 rings (SSSR count). The Morgan fingerprint density at radius 1 is 1.58 bits per heavy atom. The lowest BCUT2D eigenvalue weighted by atomic mass is 10.1. The number of halogens is 2. The Kier molecular flexibility index (Phi) is 5.45. The molecule has 0 radical (unpaired) electrons. The normalized spacial score (nSPS) is 20.1. The Bertz CT molecular complexity index is 466. The Labute approximate surface area is 132 Å². The Hall–Kier alpha value is -0.360. The highest BCUT2D eigenvalue weighted by Gasteiger charge is 2.22. The van der Waals surface area contributed by atoms with Crippen molar-refractivity contribution >= 4 is 50.5 Å². The van der Waals surface area contributed by atoms with Gasteiger partial charge in [0, 0.05) is 11.1 Å². The fourth-order valence-corrected chi connectivity index (χ4v) is 3.06. The smallest absolute Gasteiger partial charge is 0.171 e. The maximum absolute atomic E-state index is 6.13. The molecule has 1 aliphatic rings. The molecule has 0 amide bonds. The van der Waals surface area contributed by atoms with Gasteiger partial charge in [-0.1, -0.05) is 27.5 Å². The molecule has 3 nitrogen and oxygen atoms in total. The fraction of sp³-hybridized carbons (Fsp3) is 0.462. The van der Waals surface area contributed by atoms with Crippen LogP contribution in [0.15, 0.2) is 22.7 Å². The van der Waals surface area contributed by atoms with Gasteiger partial charge >= 0.3 is 0 Å². The lowest BCUT2D eigenvalue weighted by Crippen LogP contribution is -2.42. The molecule has 19 heavy (non-hydrogen) atoms. The van der Waals surface area contributed by atoms with Crippen LogP contribution in [-0.2, 0) is 4.74 Å². The highest BCUT2D eigenvalue weighted by molar-refractivity contribution is 9.10. The second-order valence-corrected chi connectivity index (χ2v) is 6.29. The minimum Gasteiger partial charge on any atom is -0.376 e. The van der Waals surface area contributed by atoms with Crippen LogP contribution in [0.5, 0.6) is 0 Å². The topological polar surface area (TPSA) is 33.3 Å². The summed E-state index contributed by atoms with van der Waals surface area (Å²) in [6, 6.07) is 5.82. The van der Waals surface area contributed by atoms with Gasteiger partial charge in [0.15, 0.2) is 5.11 Å². The van der Waals surface area contributed by atoms with Gasteiger partial charge in [-0.25, -0.2) is 0 Å². The van der Waals surface area contributed by atoms with Gasteiger partial charge in [-0.15, -0.1) is 0 Å². The highest BCUT2D eigenvalue weighted by Crippen LogP contribution is 2.25. The molecule has 1 saturated heterocycles. The molecule has 1 aliphatic heterocycles. The Morgan fingerprint density at radius 3 is 3.00 bits per heavy atom. The standard InChI is InChI=1S/C13H16BrClN2OS/c1-8(12-3-2-6-18-12)16-13(19)17-11-5-4-9(14)7-10(11)15/h4-5,7-8,12H,2-3,6H2,1H3,(H2,16,17,19). The molecule has 0 bridgehead atoms. The molecule has 2 N–H and O–H groups in total. The summed E-state index contributed by atoms with van der Waals surface area (Å²) < 4.78 is 6.56. The first-order chi connectivity index (χ1) is 9.06. The first-order valence-electron chi connectivity index (χ1n) is 6.20. The average molecular weight is 364 g/mol. The zero-order valence-electron chi connectivity index (χ0n) is 10.6. The van der Waals surface area contributed by atoms with Crippen molar-refractivity contribution in [3.63, 3.8) is 0 Å². The lowest BCUT2D eigenvalue weighted by molar-refractivity contribution is 0.0895. The monoisotopic (exact) mass is 362 g/mol. The number of nitrogens with one attached hydrogen (secondary N) is 2. The molecule has 6 heteroatoms. The zero-order valence-corrected chi connectivity index (χ0v) is 13.7. The van der Waals surface area contributed by atoms with Crippen molar-refractivity contribution in [2.75, 3.05) is 11.9 Å². The first kappa shape index (κ1) is 15.0. The van der Waals surface area contributed by atoms with Crippen molar-refractivity contribution < 1.29 is 4.74 Å². The third kappa shape index (κ3) is 4.31. The van der Waals surface area contributed by atoms with E-state index >= 15 is 0 Å². The van der Waals surface area contributed by atoms with Crippen LogP contribution in [0.2, 0.25) is 5.02 Å². The molecule has 2 atom stereocenters. The van der Waals surface area contributed by atoms with E-state index in [0.29, 0.717) is 10.1 Å². The molecule has 104 valence electrons. The SMILES string of the molecule is CC(NC(=S)Nc1ccc(Br)cc1Cl)C1CCCO1. The van der Waals surface area contributed by atoms with Crippen LogP contribution in [-0.4, -0.2) is 23.9 Å². The van der Waals surface area contributed by atoms with Crippen molar-refractivity contribution in [1.82, 2.24) is 5.32 Å². The van der Waals surface area contributed by atoms with Crippen LogP contribution in [0.4, 0.5) is 5.69 Å². The van der Waals surface area contributed by atoms with Gasteiger partial charge in [0.05, 0.1) is 22.9 Å². The van der Waals surface area contributed by atoms with Crippen molar-refractivity contribution in [3.05, 3.63) is 27.7 Å². The van der Waals surface area contributed by atoms with E-state index in [1.165, 1.54) is 0 Å². The number of hydrogen-bond acceptors (Lipinski definition) is 2. The summed E-state index contributed by atoms with van der Waals surface area (Å²) >= 11 is 14.8. The van der Waals surface area contributed by atoms with Gasteiger partial charge in [-0.2, -0.15) is 0 Å². The second-order valence-electron chi connectivity index (χ2n) is 4.56. The van der Waals surface area contributed by atoms with Crippen LogP contribution < -0.4 is 10.6 Å². The number of hydrogen-bond donors (Lipinski definition) is 2.